The third-order valence-electron chi connectivity index (χ3n) is 5.71. The predicted octanol–water partition coefficient (Wildman–Crippen LogP) is 3.60. The molecule has 1 aliphatic rings. The SMILES string of the molecule is CCCCC(CC)C(=O)N1CCN(C(=O)Cc2c[nH]c3ccccc23)CC1. The number of H-pyrrole nitrogens is 1. The lowest BCUT2D eigenvalue weighted by atomic mass is 9.97. The smallest absolute Gasteiger partial charge is 0.227 e. The Balaban J connectivity index is 1.54. The maximum atomic E-state index is 12.7. The quantitative estimate of drug-likeness (QED) is 0.811. The van der Waals surface area contributed by atoms with Crippen molar-refractivity contribution in [1.29, 1.82) is 0 Å². The van der Waals surface area contributed by atoms with E-state index in [-0.39, 0.29) is 17.7 Å². The number of aromatic nitrogens is 1. The van der Waals surface area contributed by atoms with Crippen LogP contribution in [0, 0.1) is 5.92 Å². The topological polar surface area (TPSA) is 56.4 Å². The highest BCUT2D eigenvalue weighted by atomic mass is 16.2. The number of unbranched alkanes of at least 4 members (excludes halogenated alkanes) is 1. The van der Waals surface area contributed by atoms with E-state index in [2.05, 4.69) is 18.8 Å². The molecule has 3 rings (SSSR count). The number of hydrogen-bond donors (Lipinski definition) is 1. The standard InChI is InChI=1S/C22H31N3O2/c1-3-5-8-17(4-2)22(27)25-13-11-24(12-14-25)21(26)15-18-16-23-20-10-7-6-9-19(18)20/h6-7,9-10,16-17,23H,3-5,8,11-15H2,1-2H3. The van der Waals surface area contributed by atoms with E-state index in [1.807, 2.05) is 40.3 Å². The van der Waals surface area contributed by atoms with Crippen LogP contribution in [0.1, 0.15) is 45.1 Å². The van der Waals surface area contributed by atoms with Gasteiger partial charge in [-0.3, -0.25) is 9.59 Å². The predicted molar refractivity (Wildman–Crippen MR) is 108 cm³/mol. The summed E-state index contributed by atoms with van der Waals surface area (Å²) in [7, 11) is 0. The molecule has 5 nitrogen and oxygen atoms in total. The molecule has 2 amide bonds. The average molecular weight is 370 g/mol. The van der Waals surface area contributed by atoms with E-state index < -0.39 is 0 Å². The minimum Gasteiger partial charge on any atom is -0.361 e. The zero-order valence-corrected chi connectivity index (χ0v) is 16.5. The lowest BCUT2D eigenvalue weighted by molar-refractivity contribution is -0.142. The fraction of sp³-hybridized carbons (Fsp3) is 0.545. The third kappa shape index (κ3) is 4.52. The monoisotopic (exact) mass is 369 g/mol. The zero-order chi connectivity index (χ0) is 19.2. The van der Waals surface area contributed by atoms with E-state index in [0.29, 0.717) is 32.6 Å². The minimum absolute atomic E-state index is 0.137. The van der Waals surface area contributed by atoms with Gasteiger partial charge in [-0.15, -0.1) is 0 Å². The molecule has 27 heavy (non-hydrogen) atoms. The molecule has 1 unspecified atom stereocenters. The Bertz CT molecular complexity index is 775. The fourth-order valence-corrected chi connectivity index (χ4v) is 3.94. The molecule has 1 N–H and O–H groups in total. The van der Waals surface area contributed by atoms with Gasteiger partial charge in [0.1, 0.15) is 0 Å². The Labute approximate surface area is 161 Å². The van der Waals surface area contributed by atoms with Gasteiger partial charge in [0.25, 0.3) is 0 Å². The summed E-state index contributed by atoms with van der Waals surface area (Å²) in [5.74, 6) is 0.554. The van der Waals surface area contributed by atoms with Crippen LogP contribution in [0.15, 0.2) is 30.5 Å². The molecule has 2 heterocycles. The molecule has 0 saturated carbocycles. The Morgan fingerprint density at radius 3 is 2.48 bits per heavy atom. The van der Waals surface area contributed by atoms with Crippen molar-refractivity contribution in [3.05, 3.63) is 36.0 Å². The van der Waals surface area contributed by atoms with Crippen LogP contribution >= 0.6 is 0 Å². The van der Waals surface area contributed by atoms with Gasteiger partial charge in [-0.05, 0) is 24.5 Å². The summed E-state index contributed by atoms with van der Waals surface area (Å²) in [5.41, 5.74) is 2.10. The first-order valence-corrected chi connectivity index (χ1v) is 10.3. The Kier molecular flexibility index (Phi) is 6.54. The van der Waals surface area contributed by atoms with Crippen LogP contribution in [0.2, 0.25) is 0 Å². The molecule has 1 fully saturated rings. The number of benzene rings is 1. The molecular formula is C22H31N3O2. The van der Waals surface area contributed by atoms with Crippen molar-refractivity contribution >= 4 is 22.7 Å². The molecule has 146 valence electrons. The highest BCUT2D eigenvalue weighted by Gasteiger charge is 2.28. The maximum Gasteiger partial charge on any atom is 0.227 e. The molecule has 0 bridgehead atoms. The van der Waals surface area contributed by atoms with E-state index in [0.717, 1.165) is 42.1 Å². The van der Waals surface area contributed by atoms with Crippen LogP contribution in [0.3, 0.4) is 0 Å². The summed E-state index contributed by atoms with van der Waals surface area (Å²) in [6.45, 7) is 6.84. The molecule has 5 heteroatoms. The van der Waals surface area contributed by atoms with Gasteiger partial charge in [0, 0.05) is 49.2 Å². The highest BCUT2D eigenvalue weighted by molar-refractivity contribution is 5.89. The van der Waals surface area contributed by atoms with Gasteiger partial charge in [0.2, 0.25) is 11.8 Å². The average Bonchev–Trinajstić information content (AvgIpc) is 3.11. The van der Waals surface area contributed by atoms with Gasteiger partial charge in [-0.2, -0.15) is 0 Å². The number of piperazine rings is 1. The number of nitrogens with zero attached hydrogens (tertiary/aromatic N) is 2. The fourth-order valence-electron chi connectivity index (χ4n) is 3.94. The van der Waals surface area contributed by atoms with Crippen molar-refractivity contribution in [3.8, 4) is 0 Å². The second-order valence-corrected chi connectivity index (χ2v) is 7.49. The molecule has 0 radical (unpaired) electrons. The number of hydrogen-bond acceptors (Lipinski definition) is 2. The molecule has 1 saturated heterocycles. The van der Waals surface area contributed by atoms with Crippen LogP contribution in [0.5, 0.6) is 0 Å². The Morgan fingerprint density at radius 2 is 1.78 bits per heavy atom. The van der Waals surface area contributed by atoms with E-state index in [4.69, 9.17) is 0 Å². The Hall–Kier alpha value is -2.30. The third-order valence-corrected chi connectivity index (χ3v) is 5.71. The van der Waals surface area contributed by atoms with Crippen molar-refractivity contribution in [1.82, 2.24) is 14.8 Å². The Morgan fingerprint density at radius 1 is 1.07 bits per heavy atom. The number of para-hydroxylation sites is 1. The number of nitrogens with one attached hydrogen (secondary N) is 1. The second-order valence-electron chi connectivity index (χ2n) is 7.49. The van der Waals surface area contributed by atoms with Crippen LogP contribution in [0.25, 0.3) is 10.9 Å². The lowest BCUT2D eigenvalue weighted by Gasteiger charge is -2.36. The number of amides is 2. The van der Waals surface area contributed by atoms with Crippen molar-refractivity contribution in [2.75, 3.05) is 26.2 Å². The van der Waals surface area contributed by atoms with Crippen molar-refractivity contribution in [2.45, 2.75) is 46.0 Å². The largest absolute Gasteiger partial charge is 0.361 e. The van der Waals surface area contributed by atoms with Crippen molar-refractivity contribution < 1.29 is 9.59 Å². The summed E-state index contributed by atoms with van der Waals surface area (Å²) in [6.07, 6.45) is 6.45. The maximum absolute atomic E-state index is 12.7. The van der Waals surface area contributed by atoms with E-state index in [9.17, 15) is 9.59 Å². The van der Waals surface area contributed by atoms with E-state index >= 15 is 0 Å². The number of carbonyl (C=O) groups excluding carboxylic acids is 2. The highest BCUT2D eigenvalue weighted by Crippen LogP contribution is 2.20. The lowest BCUT2D eigenvalue weighted by Crippen LogP contribution is -2.52. The molecule has 0 spiro atoms. The molecule has 0 aliphatic carbocycles. The van der Waals surface area contributed by atoms with Crippen LogP contribution < -0.4 is 0 Å². The molecule has 1 aromatic heterocycles. The van der Waals surface area contributed by atoms with Crippen LogP contribution in [-0.4, -0.2) is 52.8 Å². The second kappa shape index (κ2) is 9.07. The molecule has 1 aliphatic heterocycles. The number of carbonyl (C=O) groups is 2. The summed E-state index contributed by atoms with van der Waals surface area (Å²) in [6, 6.07) is 8.06. The van der Waals surface area contributed by atoms with Gasteiger partial charge >= 0.3 is 0 Å². The van der Waals surface area contributed by atoms with E-state index in [1.54, 1.807) is 0 Å². The summed E-state index contributed by atoms with van der Waals surface area (Å²) >= 11 is 0. The number of aromatic amines is 1. The first-order chi connectivity index (χ1) is 13.1. The molecular weight excluding hydrogens is 338 g/mol. The van der Waals surface area contributed by atoms with Gasteiger partial charge < -0.3 is 14.8 Å². The summed E-state index contributed by atoms with van der Waals surface area (Å²) in [4.78, 5) is 32.5. The normalized spacial score (nSPS) is 15.9. The van der Waals surface area contributed by atoms with Crippen LogP contribution in [-0.2, 0) is 16.0 Å². The number of rotatable bonds is 7. The zero-order valence-electron chi connectivity index (χ0n) is 16.5. The van der Waals surface area contributed by atoms with Crippen molar-refractivity contribution in [3.63, 3.8) is 0 Å². The van der Waals surface area contributed by atoms with Crippen LogP contribution in [0.4, 0.5) is 0 Å². The first-order valence-electron chi connectivity index (χ1n) is 10.3. The van der Waals surface area contributed by atoms with Crippen molar-refractivity contribution in [2.24, 2.45) is 5.92 Å². The molecule has 2 aromatic rings. The van der Waals surface area contributed by atoms with Gasteiger partial charge in [-0.25, -0.2) is 0 Å². The first kappa shape index (κ1) is 19.5. The minimum atomic E-state index is 0.137. The van der Waals surface area contributed by atoms with Gasteiger partial charge in [-0.1, -0.05) is 44.9 Å². The number of fused-ring (bicyclic) bond motifs is 1. The van der Waals surface area contributed by atoms with Gasteiger partial charge in [0.05, 0.1) is 6.42 Å². The van der Waals surface area contributed by atoms with Gasteiger partial charge in [0.15, 0.2) is 0 Å². The molecule has 1 aromatic carbocycles. The van der Waals surface area contributed by atoms with E-state index in [1.165, 1.54) is 0 Å². The summed E-state index contributed by atoms with van der Waals surface area (Å²) in [5, 5.41) is 1.11. The summed E-state index contributed by atoms with van der Waals surface area (Å²) < 4.78 is 0. The molecule has 1 atom stereocenters.